The Morgan fingerprint density at radius 1 is 0.347 bits per heavy atom. The lowest BCUT2D eigenvalue weighted by molar-refractivity contribution is -0.170. The number of β-lactam (4-membered cyclic amide) rings is 7. The van der Waals surface area contributed by atoms with Crippen molar-refractivity contribution in [1.29, 1.82) is 0 Å². The van der Waals surface area contributed by atoms with Crippen LogP contribution in [0.2, 0.25) is 0 Å². The van der Waals surface area contributed by atoms with Crippen molar-refractivity contribution in [2.45, 2.75) is 443 Å². The van der Waals surface area contributed by atoms with Gasteiger partial charge >= 0.3 is 41.8 Å². The first-order valence-electron chi connectivity index (χ1n) is 49.5. The molecule has 14 saturated heterocycles. The van der Waals surface area contributed by atoms with E-state index in [0.29, 0.717) is 19.2 Å². The number of hydrogen-bond acceptors (Lipinski definition) is 30. The Kier molecular flexibility index (Phi) is 47.0. The number of nitrogens with zero attached hydrogens (tertiary/aromatic N) is 7. The second kappa shape index (κ2) is 54.6. The number of ether oxygens (including phenoxy) is 2. The van der Waals surface area contributed by atoms with Gasteiger partial charge in [0.1, 0.15) is 110 Å². The number of aliphatic carboxylic acids is 3. The van der Waals surface area contributed by atoms with E-state index in [2.05, 4.69) is 140 Å². The van der Waals surface area contributed by atoms with E-state index in [-0.39, 0.29) is 132 Å². The van der Waals surface area contributed by atoms with Crippen molar-refractivity contribution >= 4 is 185 Å². The molecule has 14 heterocycles. The van der Waals surface area contributed by atoms with Gasteiger partial charge in [-0.2, -0.15) is 0 Å². The van der Waals surface area contributed by atoms with Crippen LogP contribution in [-0.2, 0) is 91.0 Å². The summed E-state index contributed by atoms with van der Waals surface area (Å²) in [5.41, 5.74) is 7.84. The van der Waals surface area contributed by atoms with Crippen molar-refractivity contribution < 1.29 is 106 Å². The van der Waals surface area contributed by atoms with Crippen LogP contribution in [-0.4, -0.2) is 307 Å². The SMILES string of the molecule is C.C=C=C.CC(=O)OC(=O)[C@@H]1N2C(=O)[C@@H](NC=O)[C@H]2SC1(C)C.CC1(C)S[C@@H]2[C@H](N)C(=O)N2[C@H]1C(=O)O.CC1(C)S[C@@H]2[C@H](NC=O)C(=O)N2[C@H]1C(=O)O.CC=C[C@@H]1N2C(=O)[C@@H](N/C=C/CCCCCCCC)[C@H]2SC1(C)C.CC=C[C@@H]1N2C(=O)[C@@H](NC=O)[C@H]2SC1(C)C.CCCCCCCC/C=C/N[C@@H]1C(=O)N2[C@@H]1SC(C)(C)[C@@H]2C(=O)O.CCCCCCCC/C=C/N[C@@H]1C(=O)N2[C@@H]1SC(C)(C)[C@@H]2C(=O)OC(C)=O. The van der Waals surface area contributed by atoms with Gasteiger partial charge in [0, 0.05) is 47.1 Å². The van der Waals surface area contributed by atoms with Crippen LogP contribution in [0.25, 0.3) is 0 Å². The molecule has 14 aliphatic rings. The minimum absolute atomic E-state index is 0. The van der Waals surface area contributed by atoms with E-state index < -0.39 is 114 Å². The Morgan fingerprint density at radius 2 is 0.556 bits per heavy atom. The van der Waals surface area contributed by atoms with Crippen LogP contribution in [0.1, 0.15) is 288 Å². The summed E-state index contributed by atoms with van der Waals surface area (Å²) in [4.78, 5) is 206. The number of rotatable bonds is 40. The van der Waals surface area contributed by atoms with Crippen LogP contribution >= 0.6 is 82.3 Å². The van der Waals surface area contributed by atoms with Gasteiger partial charge in [-0.1, -0.05) is 180 Å². The summed E-state index contributed by atoms with van der Waals surface area (Å²) >= 11 is 11.1. The third-order valence-electron chi connectivity index (χ3n) is 26.8. The number of nitrogens with two attached hydrogens (primary N) is 1. The summed E-state index contributed by atoms with van der Waals surface area (Å²) in [6.07, 6.45) is 48.2. The quantitative estimate of drug-likeness (QED) is 0.00518. The number of hydrogen-bond donors (Lipinski definition) is 10. The van der Waals surface area contributed by atoms with Crippen LogP contribution < -0.4 is 37.6 Å². The third kappa shape index (κ3) is 28.9. The highest BCUT2D eigenvalue weighted by atomic mass is 32.2. The zero-order valence-electron chi connectivity index (χ0n) is 86.6. The number of thioether (sulfide) groups is 7. The fourth-order valence-corrected chi connectivity index (χ4v) is 31.1. The molecule has 0 unspecified atom stereocenters. The number of esters is 4. The van der Waals surface area contributed by atoms with E-state index in [1.807, 2.05) is 102 Å². The molecule has 0 aromatic rings. The summed E-state index contributed by atoms with van der Waals surface area (Å²) in [5.74, 6) is -6.45. The molecule has 43 heteroatoms. The molecule has 0 spiro atoms. The van der Waals surface area contributed by atoms with E-state index in [1.54, 1.807) is 67.9 Å². The first-order valence-corrected chi connectivity index (χ1v) is 55.6. The summed E-state index contributed by atoms with van der Waals surface area (Å²) in [7, 11) is 0. The minimum Gasteiger partial charge on any atom is -0.480 e. The topological polar surface area (TPSA) is 490 Å². The first kappa shape index (κ1) is 124. The maximum atomic E-state index is 12.5. The van der Waals surface area contributed by atoms with Crippen LogP contribution in [0.4, 0.5) is 0 Å². The number of carbonyl (C=O) groups is 17. The van der Waals surface area contributed by atoms with Crippen molar-refractivity contribution in [3.05, 3.63) is 80.0 Å². The molecule has 0 bridgehead atoms. The monoisotopic (exact) mass is 2140 g/mol. The molecule has 36 nitrogen and oxygen atoms in total. The van der Waals surface area contributed by atoms with Gasteiger partial charge in [-0.15, -0.1) is 88.1 Å². The zero-order chi connectivity index (χ0) is 107. The van der Waals surface area contributed by atoms with Crippen molar-refractivity contribution in [3.8, 4) is 0 Å². The third-order valence-corrected chi connectivity index (χ3v) is 37.8. The fraction of sp³-hybridized carbons (Fsp3) is 0.703. The molecule has 0 aromatic carbocycles. The molecule has 0 radical (unpaired) electrons. The average Bonchev–Trinajstić information content (AvgIpc) is 1.55. The number of carbonyl (C=O) groups excluding carboxylic acids is 14. The highest BCUT2D eigenvalue weighted by Crippen LogP contribution is 2.57. The number of nitrogens with one attached hydrogen (secondary N) is 6. The van der Waals surface area contributed by atoms with Crippen molar-refractivity contribution in [3.63, 3.8) is 0 Å². The normalized spacial score (nSPS) is 30.2. The number of allylic oxidation sites excluding steroid dienone is 5. The van der Waals surface area contributed by atoms with E-state index in [1.165, 1.54) is 171 Å². The number of fused-ring (bicyclic) bond motifs is 7. The average molecular weight is 2140 g/mol. The Morgan fingerprint density at radius 3 is 0.799 bits per heavy atom. The molecule has 10 amide bonds. The lowest BCUT2D eigenvalue weighted by Gasteiger charge is -2.44. The second-order valence-corrected chi connectivity index (χ2v) is 53.1. The van der Waals surface area contributed by atoms with Gasteiger partial charge in [-0.05, 0) is 168 Å². The Balaban J connectivity index is 0.000000258. The van der Waals surface area contributed by atoms with Crippen LogP contribution in [0.15, 0.2) is 80.0 Å². The van der Waals surface area contributed by atoms with E-state index in [9.17, 15) is 86.6 Å². The number of amides is 10. The minimum atomic E-state index is -1.00. The van der Waals surface area contributed by atoms with Crippen molar-refractivity contribution in [2.75, 3.05) is 0 Å². The van der Waals surface area contributed by atoms with Gasteiger partial charge in [0.25, 0.3) is 0 Å². The predicted molar refractivity (Wildman–Crippen MR) is 569 cm³/mol. The standard InChI is InChI=1S/C20H32N2O4S.C20H34N2OS.C18H30N2O3S.C11H14N2O5S.C11H16N2O2S.C9H12N2O4S.C8H12N2O3S.C3H4.CH4/c1-5-6-7-8-9-10-11-12-13-21-15-17(24)22-16(19(25)26-14(2)23)20(3,4)27-18(15)22;1-5-7-8-9-10-11-12-13-15-21-17-18(23)22-16(14-6-2)20(3,4)24-19(17)22;1-4-5-6-7-8-9-10-11-12-19-13-15(21)20-14(17(22)23)18(2,3)24-16(13)20;1-5(15)18-10(17)7-11(2,3)19-9-6(12-4-14)8(16)13(7)9;1-4-5-7-11(2,3)16-10-8(12-6-14)9(15)13(7)10;1-9(2)5(8(14)15)11-6(13)4(10-3-12)7(11)16-9;1-8(2)4(7(12)13)10-5(11)3(9)6(10)14-8;1-3-2;/h12-13,15-16,18,21H,5-11H2,1-4H3;6,13-17,19,21H,5,7-12H2,1-4H3;11-14,16,19H,4-10H2,1-3H3,(H,22,23);4,6-7,9H,1-3H3,(H,12,14);4-8,10H,1-3H3,(H,12,14);3-5,7H,1-2H3,(H,10,12)(H,14,15);3-4,6H,9H2,1-2H3,(H,12,13);1-2H2;1H4/b13-12+;14-6?,15-13+;12-11+;;;;;;/t15-,16+,18-;16-,17+,19+;13-,14+,16-;6-,7+,9-;7-,8+,10+;4-,5+,7-;3-,4+,6-;;/m1011011../s1. The van der Waals surface area contributed by atoms with Crippen LogP contribution in [0, 0.1) is 0 Å². The summed E-state index contributed by atoms with van der Waals surface area (Å²) < 4.78 is 6.91. The van der Waals surface area contributed by atoms with Crippen molar-refractivity contribution in [2.24, 2.45) is 5.73 Å². The van der Waals surface area contributed by atoms with Crippen LogP contribution in [0.5, 0.6) is 0 Å². The van der Waals surface area contributed by atoms with Gasteiger partial charge in [-0.25, -0.2) is 24.0 Å². The molecule has 11 N–H and O–H groups in total. The molecule has 21 atom stereocenters. The molecule has 0 aliphatic carbocycles. The lowest BCUT2D eigenvalue weighted by atomic mass is 9.95. The van der Waals surface area contributed by atoms with E-state index in [0.717, 1.165) is 32.6 Å². The summed E-state index contributed by atoms with van der Waals surface area (Å²) in [5, 5.41) is 44.1. The molecule has 14 fully saturated rings. The van der Waals surface area contributed by atoms with Gasteiger partial charge in [0.2, 0.25) is 60.6 Å². The molecule has 14 aliphatic heterocycles. The molecule has 0 aromatic heterocycles. The highest BCUT2D eigenvalue weighted by Gasteiger charge is 2.70. The molecule has 806 valence electrons. The number of carboxylic acid groups (broad SMARTS) is 3. The fourth-order valence-electron chi connectivity index (χ4n) is 19.7. The molecule has 14 rings (SSSR count). The zero-order valence-corrected chi connectivity index (χ0v) is 92.3. The van der Waals surface area contributed by atoms with Crippen molar-refractivity contribution in [1.82, 2.24) is 66.2 Å². The largest absolute Gasteiger partial charge is 0.480 e. The van der Waals surface area contributed by atoms with E-state index >= 15 is 0 Å². The van der Waals surface area contributed by atoms with Gasteiger partial charge in [0.15, 0.2) is 0 Å². The molecule has 144 heavy (non-hydrogen) atoms. The molecular weight excluding hydrogens is 1990 g/mol. The number of carboxylic acids is 3. The predicted octanol–water partition coefficient (Wildman–Crippen LogP) is 11.9. The summed E-state index contributed by atoms with van der Waals surface area (Å²) in [6, 6.07) is -6.22. The maximum Gasteiger partial charge on any atom is 0.337 e. The van der Waals surface area contributed by atoms with Gasteiger partial charge in [0.05, 0.1) is 12.1 Å². The number of unbranched alkanes of at least 4 members (excludes halogenated alkanes) is 18. The smallest absolute Gasteiger partial charge is 0.337 e. The molecular formula is C101H158N14O22S7. The summed E-state index contributed by atoms with van der Waals surface area (Å²) in [6.45, 7) is 46.4. The van der Waals surface area contributed by atoms with Gasteiger partial charge in [-0.3, -0.25) is 57.5 Å². The lowest BCUT2D eigenvalue weighted by Crippen LogP contribution is -2.69. The molecule has 0 saturated carbocycles. The van der Waals surface area contributed by atoms with E-state index in [4.69, 9.17) is 20.7 Å². The highest BCUT2D eigenvalue weighted by molar-refractivity contribution is 8.03. The van der Waals surface area contributed by atoms with Gasteiger partial charge < -0.3 is 96.7 Å². The Hall–Kier alpha value is -8.58. The first-order chi connectivity index (χ1) is 67.2. The Bertz CT molecular complexity index is 4740. The Labute approximate surface area is 880 Å². The maximum absolute atomic E-state index is 12.5. The second-order valence-electron chi connectivity index (χ2n) is 40.7. The van der Waals surface area contributed by atoms with Crippen LogP contribution in [0.3, 0.4) is 0 Å².